The highest BCUT2D eigenvalue weighted by Gasteiger charge is 2.16. The van der Waals surface area contributed by atoms with Gasteiger partial charge >= 0.3 is 0 Å². The fourth-order valence-corrected chi connectivity index (χ4v) is 4.14. The molecule has 3 aromatic rings. The number of benzene rings is 2. The van der Waals surface area contributed by atoms with Crippen molar-refractivity contribution >= 4 is 17.7 Å². The average molecular weight is 426 g/mol. The number of imidazole rings is 1. The highest BCUT2D eigenvalue weighted by Crippen LogP contribution is 2.29. The van der Waals surface area contributed by atoms with E-state index in [2.05, 4.69) is 42.3 Å². The normalized spacial score (nSPS) is 11.8. The van der Waals surface area contributed by atoms with Gasteiger partial charge in [0, 0.05) is 23.6 Å². The summed E-state index contributed by atoms with van der Waals surface area (Å²) in [5.74, 6) is 1.61. The first-order valence-corrected chi connectivity index (χ1v) is 10.7. The fourth-order valence-electron chi connectivity index (χ4n) is 3.35. The summed E-state index contributed by atoms with van der Waals surface area (Å²) in [7, 11) is 3.23. The van der Waals surface area contributed by atoms with Crippen molar-refractivity contribution in [2.24, 2.45) is 0 Å². The zero-order valence-corrected chi connectivity index (χ0v) is 18.7. The maximum atomic E-state index is 12.6. The molecular weight excluding hydrogens is 398 g/mol. The number of carbonyl (C=O) groups is 1. The maximum absolute atomic E-state index is 12.6. The second-order valence-electron chi connectivity index (χ2n) is 7.11. The van der Waals surface area contributed by atoms with Gasteiger partial charge in [-0.2, -0.15) is 0 Å². The number of nitrogens with zero attached hydrogens (tertiary/aromatic N) is 2. The van der Waals surface area contributed by atoms with Gasteiger partial charge in [0.15, 0.2) is 5.16 Å². The molecule has 1 atom stereocenters. The first-order chi connectivity index (χ1) is 14.4. The van der Waals surface area contributed by atoms with Gasteiger partial charge in [0.2, 0.25) is 5.91 Å². The van der Waals surface area contributed by atoms with E-state index in [0.29, 0.717) is 5.75 Å². The number of aromatic nitrogens is 2. The van der Waals surface area contributed by atoms with Gasteiger partial charge in [-0.25, -0.2) is 4.98 Å². The van der Waals surface area contributed by atoms with Crippen LogP contribution in [0.5, 0.6) is 11.5 Å². The third kappa shape index (κ3) is 5.16. The molecule has 0 saturated heterocycles. The van der Waals surface area contributed by atoms with Gasteiger partial charge in [-0.15, -0.1) is 0 Å². The van der Waals surface area contributed by atoms with Crippen LogP contribution < -0.4 is 14.8 Å². The van der Waals surface area contributed by atoms with Crippen LogP contribution in [-0.2, 0) is 4.79 Å². The smallest absolute Gasteiger partial charge is 0.230 e. The maximum Gasteiger partial charge on any atom is 0.230 e. The van der Waals surface area contributed by atoms with Crippen molar-refractivity contribution in [2.45, 2.75) is 32.0 Å². The summed E-state index contributed by atoms with van der Waals surface area (Å²) in [5, 5.41) is 3.81. The molecular formula is C23H27N3O3S. The second kappa shape index (κ2) is 9.71. The molecule has 0 fully saturated rings. The molecule has 0 bridgehead atoms. The minimum atomic E-state index is -0.220. The lowest BCUT2D eigenvalue weighted by atomic mass is 10.1. The number of nitrogens with one attached hydrogen (secondary N) is 1. The number of amides is 1. The third-order valence-corrected chi connectivity index (χ3v) is 5.67. The van der Waals surface area contributed by atoms with Crippen LogP contribution in [0.1, 0.15) is 29.7 Å². The van der Waals surface area contributed by atoms with Crippen LogP contribution in [0.4, 0.5) is 0 Å². The number of hydrogen-bond donors (Lipinski definition) is 1. The third-order valence-electron chi connectivity index (χ3n) is 4.70. The minimum absolute atomic E-state index is 0.0765. The van der Waals surface area contributed by atoms with E-state index in [9.17, 15) is 4.79 Å². The fraction of sp³-hybridized carbons (Fsp3) is 0.304. The summed E-state index contributed by atoms with van der Waals surface area (Å²) in [6.07, 6.45) is 3.67. The van der Waals surface area contributed by atoms with Crippen LogP contribution in [0.15, 0.2) is 53.9 Å². The SMILES string of the molecule is COc1ccc(OC)c(C(C)NC(=O)CSc2nccn2-c2cc(C)cc(C)c2)c1. The Labute approximate surface area is 181 Å². The summed E-state index contributed by atoms with van der Waals surface area (Å²) in [6.45, 7) is 6.07. The lowest BCUT2D eigenvalue weighted by molar-refractivity contribution is -0.119. The Bertz CT molecular complexity index is 1010. The summed E-state index contributed by atoms with van der Waals surface area (Å²) in [5.41, 5.74) is 4.29. The van der Waals surface area contributed by atoms with Gasteiger partial charge in [0.05, 0.1) is 26.0 Å². The molecule has 7 heteroatoms. The molecule has 3 rings (SSSR count). The summed E-state index contributed by atoms with van der Waals surface area (Å²) < 4.78 is 12.7. The zero-order chi connectivity index (χ0) is 21.7. The van der Waals surface area contributed by atoms with Gasteiger partial charge < -0.3 is 14.8 Å². The van der Waals surface area contributed by atoms with E-state index in [1.54, 1.807) is 20.4 Å². The Morgan fingerprint density at radius 3 is 2.53 bits per heavy atom. The number of hydrogen-bond acceptors (Lipinski definition) is 5. The Hall–Kier alpha value is -2.93. The molecule has 1 amide bonds. The monoisotopic (exact) mass is 425 g/mol. The van der Waals surface area contributed by atoms with Crippen LogP contribution >= 0.6 is 11.8 Å². The molecule has 0 saturated carbocycles. The molecule has 2 aromatic carbocycles. The zero-order valence-electron chi connectivity index (χ0n) is 17.9. The molecule has 0 aliphatic heterocycles. The van der Waals surface area contributed by atoms with E-state index < -0.39 is 0 Å². The highest BCUT2D eigenvalue weighted by molar-refractivity contribution is 7.99. The second-order valence-corrected chi connectivity index (χ2v) is 8.05. The van der Waals surface area contributed by atoms with Crippen molar-refractivity contribution in [3.05, 3.63) is 65.5 Å². The largest absolute Gasteiger partial charge is 0.497 e. The van der Waals surface area contributed by atoms with Gasteiger partial charge in [-0.3, -0.25) is 9.36 Å². The van der Waals surface area contributed by atoms with Gasteiger partial charge in [-0.05, 0) is 62.2 Å². The molecule has 0 aliphatic rings. The quantitative estimate of drug-likeness (QED) is 0.539. The van der Waals surface area contributed by atoms with Crippen molar-refractivity contribution < 1.29 is 14.3 Å². The van der Waals surface area contributed by atoms with E-state index in [-0.39, 0.29) is 17.7 Å². The molecule has 0 radical (unpaired) electrons. The molecule has 0 aliphatic carbocycles. The Morgan fingerprint density at radius 1 is 1.13 bits per heavy atom. The molecule has 1 aromatic heterocycles. The van der Waals surface area contributed by atoms with E-state index in [4.69, 9.17) is 9.47 Å². The Morgan fingerprint density at radius 2 is 1.87 bits per heavy atom. The summed E-state index contributed by atoms with van der Waals surface area (Å²) in [6, 6.07) is 11.7. The Balaban J connectivity index is 1.67. The average Bonchev–Trinajstić information content (AvgIpc) is 3.19. The van der Waals surface area contributed by atoms with Crippen molar-refractivity contribution in [3.63, 3.8) is 0 Å². The first-order valence-electron chi connectivity index (χ1n) is 9.67. The number of carbonyl (C=O) groups excluding carboxylic acids is 1. The molecule has 30 heavy (non-hydrogen) atoms. The topological polar surface area (TPSA) is 65.4 Å². The first kappa shape index (κ1) is 21.8. The van der Waals surface area contributed by atoms with Crippen LogP contribution in [0, 0.1) is 13.8 Å². The van der Waals surface area contributed by atoms with Crippen LogP contribution in [0.25, 0.3) is 5.69 Å². The minimum Gasteiger partial charge on any atom is -0.497 e. The van der Waals surface area contributed by atoms with Crippen LogP contribution in [0.3, 0.4) is 0 Å². The van der Waals surface area contributed by atoms with Gasteiger partial charge in [0.1, 0.15) is 11.5 Å². The Kier molecular flexibility index (Phi) is 7.05. The molecule has 158 valence electrons. The molecule has 6 nitrogen and oxygen atoms in total. The number of aryl methyl sites for hydroxylation is 2. The van der Waals surface area contributed by atoms with E-state index in [1.165, 1.54) is 22.9 Å². The summed E-state index contributed by atoms with van der Waals surface area (Å²) in [4.78, 5) is 17.0. The van der Waals surface area contributed by atoms with Crippen molar-refractivity contribution in [2.75, 3.05) is 20.0 Å². The van der Waals surface area contributed by atoms with Gasteiger partial charge in [0.25, 0.3) is 0 Å². The van der Waals surface area contributed by atoms with E-state index in [0.717, 1.165) is 22.2 Å². The molecule has 1 N–H and O–H groups in total. The van der Waals surface area contributed by atoms with Crippen LogP contribution in [-0.4, -0.2) is 35.4 Å². The molecule has 1 unspecified atom stereocenters. The van der Waals surface area contributed by atoms with E-state index in [1.807, 2.05) is 35.9 Å². The predicted octanol–water partition coefficient (Wildman–Crippen LogP) is 4.48. The number of ether oxygens (including phenoxy) is 2. The van der Waals surface area contributed by atoms with Crippen molar-refractivity contribution in [3.8, 4) is 17.2 Å². The van der Waals surface area contributed by atoms with Crippen molar-refractivity contribution in [1.29, 1.82) is 0 Å². The number of methoxy groups -OCH3 is 2. The molecule has 1 heterocycles. The highest BCUT2D eigenvalue weighted by atomic mass is 32.2. The number of thioether (sulfide) groups is 1. The predicted molar refractivity (Wildman–Crippen MR) is 120 cm³/mol. The lowest BCUT2D eigenvalue weighted by Crippen LogP contribution is -2.28. The van der Waals surface area contributed by atoms with Crippen molar-refractivity contribution in [1.82, 2.24) is 14.9 Å². The summed E-state index contributed by atoms with van der Waals surface area (Å²) >= 11 is 1.41. The van der Waals surface area contributed by atoms with Crippen LogP contribution in [0.2, 0.25) is 0 Å². The van der Waals surface area contributed by atoms with E-state index >= 15 is 0 Å². The van der Waals surface area contributed by atoms with Gasteiger partial charge in [-0.1, -0.05) is 17.8 Å². The lowest BCUT2D eigenvalue weighted by Gasteiger charge is -2.18. The standard InChI is InChI=1S/C23H27N3O3S/c1-15-10-16(2)12-18(11-15)26-9-8-24-23(26)30-14-22(27)25-17(3)20-13-19(28-4)6-7-21(20)29-5/h6-13,17H,14H2,1-5H3,(H,25,27). The molecule has 0 spiro atoms. The number of rotatable bonds is 8.